The molecule has 3 aromatic rings. The van der Waals surface area contributed by atoms with Crippen molar-refractivity contribution in [3.63, 3.8) is 0 Å². The van der Waals surface area contributed by atoms with Gasteiger partial charge in [-0.1, -0.05) is 12.1 Å². The average Bonchev–Trinajstić information content (AvgIpc) is 3.02. The van der Waals surface area contributed by atoms with Gasteiger partial charge in [0.15, 0.2) is 12.2 Å². The molecule has 9 heteroatoms. The summed E-state index contributed by atoms with van der Waals surface area (Å²) in [5.41, 5.74) is 7.45. The number of nitrogens with zero attached hydrogens (tertiary/aromatic N) is 1. The molecule has 1 heterocycles. The molecule has 0 atom stereocenters. The van der Waals surface area contributed by atoms with Crippen LogP contribution in [0.3, 0.4) is 0 Å². The summed E-state index contributed by atoms with van der Waals surface area (Å²) in [6.45, 7) is -0.982. The van der Waals surface area contributed by atoms with Gasteiger partial charge < -0.3 is 20.2 Å². The Labute approximate surface area is 145 Å². The van der Waals surface area contributed by atoms with E-state index >= 15 is 0 Å². The van der Waals surface area contributed by atoms with Gasteiger partial charge in [0.25, 0.3) is 5.89 Å². The largest absolute Gasteiger partial charge is 0.484 e. The predicted molar refractivity (Wildman–Crippen MR) is 87.8 cm³/mol. The first-order chi connectivity index (χ1) is 12.3. The number of primary amides is 1. The van der Waals surface area contributed by atoms with E-state index in [1.165, 1.54) is 12.1 Å². The molecule has 3 rings (SSSR count). The van der Waals surface area contributed by atoms with Crippen LogP contribution in [0, 0.1) is 0 Å². The van der Waals surface area contributed by atoms with Crippen LogP contribution in [0.15, 0.2) is 46.9 Å². The molecule has 26 heavy (non-hydrogen) atoms. The number of aromatic nitrogens is 1. The highest BCUT2D eigenvalue weighted by atomic mass is 19.4. The van der Waals surface area contributed by atoms with Crippen molar-refractivity contribution in [1.29, 1.82) is 0 Å². The second kappa shape index (κ2) is 6.95. The summed E-state index contributed by atoms with van der Waals surface area (Å²) in [7, 11) is 0. The molecule has 0 saturated carbocycles. The third-order valence-electron chi connectivity index (χ3n) is 3.40. The van der Waals surface area contributed by atoms with Gasteiger partial charge in [-0.2, -0.15) is 13.2 Å². The molecule has 2 aromatic carbocycles. The van der Waals surface area contributed by atoms with Gasteiger partial charge in [0.2, 0.25) is 0 Å². The van der Waals surface area contributed by atoms with Crippen molar-refractivity contribution < 1.29 is 27.1 Å². The highest BCUT2D eigenvalue weighted by molar-refractivity contribution is 5.91. The topological polar surface area (TPSA) is 90.4 Å². The lowest BCUT2D eigenvalue weighted by molar-refractivity contribution is -0.153. The number of hydrogen-bond acceptors (Lipinski definition) is 5. The number of carbonyl (C=O) groups is 1. The van der Waals surface area contributed by atoms with Gasteiger partial charge in [-0.15, -0.1) is 0 Å². The van der Waals surface area contributed by atoms with Crippen molar-refractivity contribution in [3.05, 3.63) is 53.9 Å². The predicted octanol–water partition coefficient (Wildman–Crippen LogP) is 3.48. The Hall–Kier alpha value is -3.23. The second-order valence-electron chi connectivity index (χ2n) is 5.47. The van der Waals surface area contributed by atoms with E-state index < -0.39 is 18.7 Å². The maximum atomic E-state index is 12.2. The van der Waals surface area contributed by atoms with Crippen LogP contribution in [0.2, 0.25) is 0 Å². The van der Waals surface area contributed by atoms with Gasteiger partial charge in [0, 0.05) is 12.2 Å². The lowest BCUT2D eigenvalue weighted by Crippen LogP contribution is -2.19. The molecule has 1 amide bonds. The smallest absolute Gasteiger partial charge is 0.422 e. The summed E-state index contributed by atoms with van der Waals surface area (Å²) in [4.78, 5) is 15.1. The van der Waals surface area contributed by atoms with Gasteiger partial charge >= 0.3 is 12.1 Å². The van der Waals surface area contributed by atoms with E-state index in [0.29, 0.717) is 23.3 Å². The number of fused-ring (bicyclic) bond motifs is 1. The van der Waals surface area contributed by atoms with Crippen LogP contribution in [-0.2, 0) is 6.54 Å². The molecule has 136 valence electrons. The zero-order valence-corrected chi connectivity index (χ0v) is 13.3. The fraction of sp³-hybridized carbons (Fsp3) is 0.176. The summed E-state index contributed by atoms with van der Waals surface area (Å²) in [6, 6.07) is 11.4. The van der Waals surface area contributed by atoms with E-state index in [1.54, 1.807) is 30.3 Å². The first-order valence-electron chi connectivity index (χ1n) is 7.53. The molecule has 0 fully saturated rings. The summed E-state index contributed by atoms with van der Waals surface area (Å²) in [5, 5.41) is 3.12. The number of hydrogen-bond donors (Lipinski definition) is 2. The Morgan fingerprint density at radius 1 is 1.23 bits per heavy atom. The molecule has 0 spiro atoms. The van der Waals surface area contributed by atoms with E-state index in [1.807, 2.05) is 0 Å². The Bertz CT molecular complexity index is 938. The summed E-state index contributed by atoms with van der Waals surface area (Å²) >= 11 is 0. The van der Waals surface area contributed by atoms with Crippen LogP contribution in [0.5, 0.6) is 5.75 Å². The van der Waals surface area contributed by atoms with E-state index in [2.05, 4.69) is 10.3 Å². The first-order valence-corrected chi connectivity index (χ1v) is 7.53. The lowest BCUT2D eigenvalue weighted by Gasteiger charge is -2.11. The number of nitrogens with two attached hydrogens (primary N) is 1. The zero-order chi connectivity index (χ0) is 18.7. The van der Waals surface area contributed by atoms with Gasteiger partial charge in [0.1, 0.15) is 11.3 Å². The second-order valence-corrected chi connectivity index (χ2v) is 5.47. The maximum absolute atomic E-state index is 12.2. The number of benzene rings is 2. The number of carbonyl (C=O) groups excluding carboxylic acids is 1. The van der Waals surface area contributed by atoms with Gasteiger partial charge in [-0.05, 0) is 35.9 Å². The summed E-state index contributed by atoms with van der Waals surface area (Å²) in [5.74, 6) is -0.794. The molecule has 0 radical (unpaired) electrons. The highest BCUT2D eigenvalue weighted by Gasteiger charge is 2.28. The zero-order valence-electron chi connectivity index (χ0n) is 13.3. The number of ether oxygens (including phenoxy) is 1. The monoisotopic (exact) mass is 365 g/mol. The number of anilines is 1. The third kappa shape index (κ3) is 4.44. The van der Waals surface area contributed by atoms with Crippen molar-refractivity contribution in [2.45, 2.75) is 12.7 Å². The molecule has 1 aromatic heterocycles. The van der Waals surface area contributed by atoms with Gasteiger partial charge in [-0.25, -0.2) is 4.98 Å². The number of alkyl halides is 3. The van der Waals surface area contributed by atoms with Crippen LogP contribution in [0.25, 0.3) is 11.1 Å². The number of halogens is 3. The molecule has 0 unspecified atom stereocenters. The minimum atomic E-state index is -4.38. The SMILES string of the molecule is NC(=O)c1nc2cc(NCc3cccc(OCC(F)(F)F)c3)ccc2o1. The van der Waals surface area contributed by atoms with Crippen molar-refractivity contribution in [2.24, 2.45) is 5.73 Å². The Balaban J connectivity index is 1.67. The van der Waals surface area contributed by atoms with Crippen molar-refractivity contribution in [1.82, 2.24) is 4.98 Å². The van der Waals surface area contributed by atoms with Crippen LogP contribution in [0.1, 0.15) is 16.2 Å². The van der Waals surface area contributed by atoms with Crippen molar-refractivity contribution >= 4 is 22.7 Å². The van der Waals surface area contributed by atoms with Crippen LogP contribution >= 0.6 is 0 Å². The molecule has 0 aliphatic carbocycles. The number of rotatable bonds is 6. The molecule has 0 aliphatic heterocycles. The molecular weight excluding hydrogens is 351 g/mol. The highest BCUT2D eigenvalue weighted by Crippen LogP contribution is 2.22. The Morgan fingerprint density at radius 3 is 2.77 bits per heavy atom. The maximum Gasteiger partial charge on any atom is 0.422 e. The van der Waals surface area contributed by atoms with Crippen LogP contribution in [0.4, 0.5) is 18.9 Å². The van der Waals surface area contributed by atoms with Crippen LogP contribution in [-0.4, -0.2) is 23.7 Å². The molecule has 3 N–H and O–H groups in total. The minimum Gasteiger partial charge on any atom is -0.484 e. The molecule has 0 aliphatic rings. The van der Waals surface area contributed by atoms with Crippen LogP contribution < -0.4 is 15.8 Å². The van der Waals surface area contributed by atoms with E-state index in [0.717, 1.165) is 5.56 Å². The van der Waals surface area contributed by atoms with Crippen molar-refractivity contribution in [2.75, 3.05) is 11.9 Å². The van der Waals surface area contributed by atoms with E-state index in [4.69, 9.17) is 14.9 Å². The first kappa shape index (κ1) is 17.6. The third-order valence-corrected chi connectivity index (χ3v) is 3.40. The fourth-order valence-electron chi connectivity index (χ4n) is 2.26. The normalized spacial score (nSPS) is 11.5. The minimum absolute atomic E-state index is 0.139. The lowest BCUT2D eigenvalue weighted by atomic mass is 10.2. The Kier molecular flexibility index (Phi) is 4.70. The summed E-state index contributed by atoms with van der Waals surface area (Å²) < 4.78 is 46.6. The average molecular weight is 365 g/mol. The number of oxazole rings is 1. The summed E-state index contributed by atoms with van der Waals surface area (Å²) in [6.07, 6.45) is -4.38. The van der Waals surface area contributed by atoms with Gasteiger partial charge in [-0.3, -0.25) is 4.79 Å². The fourth-order valence-corrected chi connectivity index (χ4v) is 2.26. The van der Waals surface area contributed by atoms with E-state index in [-0.39, 0.29) is 11.6 Å². The van der Waals surface area contributed by atoms with Gasteiger partial charge in [0.05, 0.1) is 0 Å². The standard InChI is InChI=1S/C17H14F3N3O3/c18-17(19,20)9-25-12-3-1-2-10(6-12)8-22-11-4-5-14-13(7-11)23-16(26-14)15(21)24/h1-7,22H,8-9H2,(H2,21,24). The number of nitrogens with one attached hydrogen (secondary N) is 1. The Morgan fingerprint density at radius 2 is 2.04 bits per heavy atom. The molecular formula is C17H14F3N3O3. The van der Waals surface area contributed by atoms with E-state index in [9.17, 15) is 18.0 Å². The molecule has 0 bridgehead atoms. The molecule has 0 saturated heterocycles. The van der Waals surface area contributed by atoms with Crippen molar-refractivity contribution in [3.8, 4) is 5.75 Å². The quantitative estimate of drug-likeness (QED) is 0.698. The molecule has 6 nitrogen and oxygen atoms in total. The number of amides is 1.